The van der Waals surface area contributed by atoms with Crippen molar-refractivity contribution in [2.45, 2.75) is 20.0 Å². The van der Waals surface area contributed by atoms with Crippen LogP contribution in [-0.4, -0.2) is 30.1 Å². The molecule has 0 saturated heterocycles. The highest BCUT2D eigenvalue weighted by atomic mass is 19.1. The van der Waals surface area contributed by atoms with Gasteiger partial charge in [0.15, 0.2) is 0 Å². The number of rotatable bonds is 5. The third-order valence-electron chi connectivity index (χ3n) is 2.48. The van der Waals surface area contributed by atoms with Gasteiger partial charge in [0.2, 0.25) is 0 Å². The van der Waals surface area contributed by atoms with E-state index in [0.29, 0.717) is 12.5 Å². The Bertz CT molecular complexity index is 368. The number of hydrogen-bond donors (Lipinski definition) is 1. The quantitative estimate of drug-likeness (QED) is 0.859. The molecule has 1 N–H and O–H groups in total. The largest absolute Gasteiger partial charge is 0.387 e. The maximum absolute atomic E-state index is 13.4. The van der Waals surface area contributed by atoms with E-state index in [-0.39, 0.29) is 5.56 Å². The molecule has 1 unspecified atom stereocenters. The molecular weight excluding hydrogens is 224 g/mol. The monoisotopic (exact) mass is 243 g/mol. The Labute approximate surface area is 101 Å². The van der Waals surface area contributed by atoms with Crippen LogP contribution in [0.5, 0.6) is 0 Å². The van der Waals surface area contributed by atoms with Gasteiger partial charge in [0.25, 0.3) is 0 Å². The number of nitrogens with zero attached hydrogens (tertiary/aromatic N) is 1. The van der Waals surface area contributed by atoms with Crippen molar-refractivity contribution in [1.82, 2.24) is 4.90 Å². The molecule has 0 spiro atoms. The van der Waals surface area contributed by atoms with Crippen LogP contribution in [0.2, 0.25) is 0 Å². The number of likely N-dealkylation sites (N-methyl/N-ethyl adjacent to an activating group) is 1. The van der Waals surface area contributed by atoms with Gasteiger partial charge in [-0.25, -0.2) is 8.78 Å². The number of aliphatic hydroxyl groups excluding tert-OH is 1. The molecule has 0 amide bonds. The van der Waals surface area contributed by atoms with Crippen LogP contribution >= 0.6 is 0 Å². The van der Waals surface area contributed by atoms with E-state index in [1.165, 1.54) is 6.07 Å². The van der Waals surface area contributed by atoms with Crippen molar-refractivity contribution in [3.8, 4) is 0 Å². The molecule has 0 saturated carbocycles. The van der Waals surface area contributed by atoms with Crippen LogP contribution in [-0.2, 0) is 0 Å². The third kappa shape index (κ3) is 4.40. The van der Waals surface area contributed by atoms with Gasteiger partial charge in [-0.2, -0.15) is 0 Å². The Morgan fingerprint density at radius 2 is 1.88 bits per heavy atom. The van der Waals surface area contributed by atoms with Crippen LogP contribution in [0.25, 0.3) is 0 Å². The summed E-state index contributed by atoms with van der Waals surface area (Å²) in [6.45, 7) is 5.29. The van der Waals surface area contributed by atoms with E-state index < -0.39 is 17.7 Å². The topological polar surface area (TPSA) is 23.5 Å². The fourth-order valence-corrected chi connectivity index (χ4v) is 1.86. The summed E-state index contributed by atoms with van der Waals surface area (Å²) in [6.07, 6.45) is -0.931. The summed E-state index contributed by atoms with van der Waals surface area (Å²) in [6, 6.07) is 3.24. The lowest BCUT2D eigenvalue weighted by atomic mass is 10.1. The normalized spacial score (nSPS) is 13.4. The zero-order chi connectivity index (χ0) is 13.0. The first-order chi connectivity index (χ1) is 7.90. The molecule has 96 valence electrons. The molecule has 0 radical (unpaired) electrons. The highest BCUT2D eigenvalue weighted by Gasteiger charge is 2.15. The molecule has 0 bridgehead atoms. The zero-order valence-corrected chi connectivity index (χ0v) is 10.5. The van der Waals surface area contributed by atoms with Crippen molar-refractivity contribution in [2.24, 2.45) is 5.92 Å². The molecule has 2 nitrogen and oxygen atoms in total. The first kappa shape index (κ1) is 14.1. The second kappa shape index (κ2) is 6.07. The van der Waals surface area contributed by atoms with Crippen LogP contribution in [0.15, 0.2) is 18.2 Å². The van der Waals surface area contributed by atoms with E-state index in [2.05, 4.69) is 13.8 Å². The average molecular weight is 243 g/mol. The summed E-state index contributed by atoms with van der Waals surface area (Å²) < 4.78 is 26.1. The zero-order valence-electron chi connectivity index (χ0n) is 10.5. The maximum Gasteiger partial charge on any atom is 0.131 e. The van der Waals surface area contributed by atoms with Gasteiger partial charge in [0, 0.05) is 24.7 Å². The lowest BCUT2D eigenvalue weighted by Crippen LogP contribution is -2.28. The molecule has 17 heavy (non-hydrogen) atoms. The fourth-order valence-electron chi connectivity index (χ4n) is 1.86. The number of aliphatic hydroxyl groups is 1. The molecule has 0 aliphatic rings. The first-order valence-electron chi connectivity index (χ1n) is 5.71. The molecule has 4 heteroatoms. The molecule has 0 fully saturated rings. The van der Waals surface area contributed by atoms with Crippen molar-refractivity contribution in [3.05, 3.63) is 35.4 Å². The molecule has 1 aromatic carbocycles. The smallest absolute Gasteiger partial charge is 0.131 e. The van der Waals surface area contributed by atoms with E-state index in [4.69, 9.17) is 0 Å². The van der Waals surface area contributed by atoms with E-state index in [1.807, 2.05) is 11.9 Å². The van der Waals surface area contributed by atoms with Crippen LogP contribution < -0.4 is 0 Å². The minimum Gasteiger partial charge on any atom is -0.387 e. The minimum absolute atomic E-state index is 0.141. The third-order valence-corrected chi connectivity index (χ3v) is 2.48. The molecule has 0 aliphatic heterocycles. The average Bonchev–Trinajstić information content (AvgIpc) is 2.15. The Morgan fingerprint density at radius 3 is 2.41 bits per heavy atom. The predicted molar refractivity (Wildman–Crippen MR) is 63.7 cm³/mol. The summed E-state index contributed by atoms with van der Waals surface area (Å²) in [5.74, 6) is -0.852. The van der Waals surface area contributed by atoms with E-state index in [1.54, 1.807) is 0 Å². The second-order valence-corrected chi connectivity index (χ2v) is 4.80. The molecule has 1 rings (SSSR count). The summed E-state index contributed by atoms with van der Waals surface area (Å²) in [5, 5.41) is 9.87. The Balaban J connectivity index is 2.66. The molecule has 1 atom stereocenters. The van der Waals surface area contributed by atoms with Gasteiger partial charge in [-0.15, -0.1) is 0 Å². The molecular formula is C13H19F2NO. The first-order valence-corrected chi connectivity index (χ1v) is 5.71. The Kier molecular flexibility index (Phi) is 5.02. The number of halogens is 2. The van der Waals surface area contributed by atoms with E-state index in [0.717, 1.165) is 18.7 Å². The van der Waals surface area contributed by atoms with Gasteiger partial charge in [-0.05, 0) is 19.0 Å². The summed E-state index contributed by atoms with van der Waals surface area (Å²) in [4.78, 5) is 1.93. The molecule has 0 aromatic heterocycles. The van der Waals surface area contributed by atoms with Gasteiger partial charge < -0.3 is 10.0 Å². The number of hydrogen-bond acceptors (Lipinski definition) is 2. The van der Waals surface area contributed by atoms with Crippen LogP contribution in [0.4, 0.5) is 8.78 Å². The Hall–Kier alpha value is -1.00. The van der Waals surface area contributed by atoms with Gasteiger partial charge in [-0.1, -0.05) is 19.9 Å². The van der Waals surface area contributed by atoms with Crippen LogP contribution in [0.3, 0.4) is 0 Å². The van der Waals surface area contributed by atoms with E-state index in [9.17, 15) is 13.9 Å². The SMILES string of the molecule is CC(C)CN(C)CC(O)c1ccc(F)cc1F. The van der Waals surface area contributed by atoms with Crippen molar-refractivity contribution in [3.63, 3.8) is 0 Å². The van der Waals surface area contributed by atoms with Crippen LogP contribution in [0.1, 0.15) is 25.5 Å². The van der Waals surface area contributed by atoms with E-state index >= 15 is 0 Å². The Morgan fingerprint density at radius 1 is 1.24 bits per heavy atom. The van der Waals surface area contributed by atoms with Crippen molar-refractivity contribution in [2.75, 3.05) is 20.1 Å². The van der Waals surface area contributed by atoms with Gasteiger partial charge in [0.1, 0.15) is 11.6 Å². The summed E-state index contributed by atoms with van der Waals surface area (Å²) in [7, 11) is 1.87. The summed E-state index contributed by atoms with van der Waals surface area (Å²) >= 11 is 0. The highest BCUT2D eigenvalue weighted by Crippen LogP contribution is 2.19. The summed E-state index contributed by atoms with van der Waals surface area (Å²) in [5.41, 5.74) is 0.141. The van der Waals surface area contributed by atoms with Crippen molar-refractivity contribution >= 4 is 0 Å². The predicted octanol–water partition coefficient (Wildman–Crippen LogP) is 2.59. The molecule has 0 aliphatic carbocycles. The fraction of sp³-hybridized carbons (Fsp3) is 0.538. The second-order valence-electron chi connectivity index (χ2n) is 4.80. The van der Waals surface area contributed by atoms with Gasteiger partial charge >= 0.3 is 0 Å². The lowest BCUT2D eigenvalue weighted by Gasteiger charge is -2.22. The van der Waals surface area contributed by atoms with Crippen molar-refractivity contribution in [1.29, 1.82) is 0 Å². The highest BCUT2D eigenvalue weighted by molar-refractivity contribution is 5.21. The van der Waals surface area contributed by atoms with Crippen molar-refractivity contribution < 1.29 is 13.9 Å². The minimum atomic E-state index is -0.931. The lowest BCUT2D eigenvalue weighted by molar-refractivity contribution is 0.118. The molecule has 1 aromatic rings. The van der Waals surface area contributed by atoms with Crippen LogP contribution in [0, 0.1) is 17.6 Å². The van der Waals surface area contributed by atoms with Gasteiger partial charge in [-0.3, -0.25) is 0 Å². The standard InChI is InChI=1S/C13H19F2NO/c1-9(2)7-16(3)8-13(17)11-5-4-10(14)6-12(11)15/h4-6,9,13,17H,7-8H2,1-3H3. The molecule has 0 heterocycles. The van der Waals surface area contributed by atoms with Gasteiger partial charge in [0.05, 0.1) is 6.10 Å². The maximum atomic E-state index is 13.4. The number of benzene rings is 1.